The van der Waals surface area contributed by atoms with Crippen molar-refractivity contribution in [3.05, 3.63) is 66.2 Å². The highest BCUT2D eigenvalue weighted by atomic mass is 16.4. The minimum absolute atomic E-state index is 0.262. The Labute approximate surface area is 122 Å². The Balaban J connectivity index is 2.18. The number of para-hydroxylation sites is 2. The zero-order chi connectivity index (χ0) is 14.8. The zero-order valence-electron chi connectivity index (χ0n) is 11.5. The Morgan fingerprint density at radius 3 is 2.43 bits per heavy atom. The highest BCUT2D eigenvalue weighted by Gasteiger charge is 2.14. The third-order valence-corrected chi connectivity index (χ3v) is 3.42. The molecular weight excluding hydrogens is 264 g/mol. The molecule has 3 rings (SSSR count). The van der Waals surface area contributed by atoms with Gasteiger partial charge in [-0.15, -0.1) is 0 Å². The maximum Gasteiger partial charge on any atom is 0.336 e. The van der Waals surface area contributed by atoms with Crippen LogP contribution in [-0.4, -0.2) is 23.1 Å². The molecule has 21 heavy (non-hydrogen) atoms. The molecule has 104 valence electrons. The number of benzene rings is 2. The molecule has 1 N–H and O–H groups in total. The highest BCUT2D eigenvalue weighted by molar-refractivity contribution is 6.03. The molecule has 0 aliphatic heterocycles. The minimum Gasteiger partial charge on any atom is -0.478 e. The van der Waals surface area contributed by atoms with E-state index >= 15 is 0 Å². The second kappa shape index (κ2) is 5.25. The van der Waals surface area contributed by atoms with Gasteiger partial charge in [0.15, 0.2) is 0 Å². The molecule has 0 amide bonds. The lowest BCUT2D eigenvalue weighted by molar-refractivity contribution is 0.0699. The highest BCUT2D eigenvalue weighted by Crippen LogP contribution is 2.26. The van der Waals surface area contributed by atoms with E-state index in [9.17, 15) is 9.90 Å². The Bertz CT molecular complexity index is 800. The number of hydrogen-bond donors (Lipinski definition) is 1. The fraction of sp³-hybridized carbons (Fsp3) is 0.0588. The number of rotatable bonds is 3. The van der Waals surface area contributed by atoms with Crippen molar-refractivity contribution in [2.24, 2.45) is 0 Å². The van der Waals surface area contributed by atoms with Gasteiger partial charge in [-0.25, -0.2) is 9.78 Å². The van der Waals surface area contributed by atoms with Gasteiger partial charge in [0, 0.05) is 18.1 Å². The average molecular weight is 278 g/mol. The van der Waals surface area contributed by atoms with Crippen LogP contribution in [0.25, 0.3) is 10.9 Å². The summed E-state index contributed by atoms with van der Waals surface area (Å²) >= 11 is 0. The lowest BCUT2D eigenvalue weighted by Gasteiger charge is -2.19. The number of aromatic carboxylic acids is 1. The first kappa shape index (κ1) is 13.1. The summed E-state index contributed by atoms with van der Waals surface area (Å²) in [5.41, 5.74) is 1.89. The third kappa shape index (κ3) is 2.43. The van der Waals surface area contributed by atoms with Crippen LogP contribution in [-0.2, 0) is 0 Å². The van der Waals surface area contributed by atoms with Crippen molar-refractivity contribution in [1.29, 1.82) is 0 Å². The van der Waals surface area contributed by atoms with E-state index in [1.165, 1.54) is 0 Å². The second-order valence-electron chi connectivity index (χ2n) is 4.74. The van der Waals surface area contributed by atoms with Crippen molar-refractivity contribution in [2.75, 3.05) is 11.9 Å². The van der Waals surface area contributed by atoms with Crippen molar-refractivity contribution >= 4 is 28.4 Å². The predicted molar refractivity (Wildman–Crippen MR) is 83.2 cm³/mol. The minimum atomic E-state index is -0.948. The van der Waals surface area contributed by atoms with Crippen molar-refractivity contribution in [1.82, 2.24) is 4.98 Å². The monoisotopic (exact) mass is 278 g/mol. The van der Waals surface area contributed by atoms with E-state index in [1.54, 1.807) is 12.1 Å². The standard InChI is InChI=1S/C17H14N2O2/c1-19(12-7-3-2-4-8-12)16-11-14(17(20)21)13-9-5-6-10-15(13)18-16/h2-11H,1H3,(H,20,21). The van der Waals surface area contributed by atoms with E-state index < -0.39 is 5.97 Å². The first-order valence-electron chi connectivity index (χ1n) is 6.58. The van der Waals surface area contributed by atoms with Crippen molar-refractivity contribution in [3.63, 3.8) is 0 Å². The van der Waals surface area contributed by atoms with E-state index in [0.717, 1.165) is 5.69 Å². The molecule has 1 heterocycles. The molecule has 4 nitrogen and oxygen atoms in total. The summed E-state index contributed by atoms with van der Waals surface area (Å²) in [6, 6.07) is 18.6. The van der Waals surface area contributed by atoms with Gasteiger partial charge in [-0.1, -0.05) is 36.4 Å². The average Bonchev–Trinajstić information content (AvgIpc) is 2.53. The normalized spacial score (nSPS) is 10.5. The van der Waals surface area contributed by atoms with Gasteiger partial charge in [-0.05, 0) is 24.3 Å². The van der Waals surface area contributed by atoms with Crippen LogP contribution >= 0.6 is 0 Å². The molecule has 4 heteroatoms. The summed E-state index contributed by atoms with van der Waals surface area (Å²) in [7, 11) is 1.87. The van der Waals surface area contributed by atoms with Gasteiger partial charge >= 0.3 is 5.97 Å². The summed E-state index contributed by atoms with van der Waals surface area (Å²) in [5, 5.41) is 10.1. The fourth-order valence-corrected chi connectivity index (χ4v) is 2.29. The second-order valence-corrected chi connectivity index (χ2v) is 4.74. The van der Waals surface area contributed by atoms with Crippen LogP contribution in [0.5, 0.6) is 0 Å². The van der Waals surface area contributed by atoms with Gasteiger partial charge < -0.3 is 10.0 Å². The van der Waals surface area contributed by atoms with E-state index in [4.69, 9.17) is 0 Å². The Hall–Kier alpha value is -2.88. The lowest BCUT2D eigenvalue weighted by Crippen LogP contribution is -2.12. The van der Waals surface area contributed by atoms with Gasteiger partial charge in [-0.2, -0.15) is 0 Å². The summed E-state index contributed by atoms with van der Waals surface area (Å²) in [6.07, 6.45) is 0. The summed E-state index contributed by atoms with van der Waals surface area (Å²) in [4.78, 5) is 17.9. The maximum atomic E-state index is 11.5. The van der Waals surface area contributed by atoms with Crippen LogP contribution in [0.15, 0.2) is 60.7 Å². The molecule has 0 spiro atoms. The first-order valence-corrected chi connectivity index (χ1v) is 6.58. The first-order chi connectivity index (χ1) is 10.2. The fourth-order valence-electron chi connectivity index (χ4n) is 2.29. The molecule has 1 aromatic heterocycles. The largest absolute Gasteiger partial charge is 0.478 e. The van der Waals surface area contributed by atoms with Crippen molar-refractivity contribution in [3.8, 4) is 0 Å². The number of carboxylic acid groups (broad SMARTS) is 1. The number of aromatic nitrogens is 1. The van der Waals surface area contributed by atoms with Gasteiger partial charge in [0.1, 0.15) is 5.82 Å². The predicted octanol–water partition coefficient (Wildman–Crippen LogP) is 3.70. The zero-order valence-corrected chi connectivity index (χ0v) is 11.5. The summed E-state index contributed by atoms with van der Waals surface area (Å²) in [5.74, 6) is -0.339. The van der Waals surface area contributed by atoms with E-state index in [1.807, 2.05) is 60.5 Å². The Morgan fingerprint density at radius 2 is 1.71 bits per heavy atom. The van der Waals surface area contributed by atoms with Crippen LogP contribution in [0.1, 0.15) is 10.4 Å². The van der Waals surface area contributed by atoms with Gasteiger partial charge in [0.2, 0.25) is 0 Å². The molecule has 0 saturated carbocycles. The SMILES string of the molecule is CN(c1ccccc1)c1cc(C(=O)O)c2ccccc2n1. The van der Waals surface area contributed by atoms with Crippen LogP contribution in [0.2, 0.25) is 0 Å². The number of carboxylic acids is 1. The molecule has 0 radical (unpaired) electrons. The molecule has 0 aliphatic rings. The van der Waals surface area contributed by atoms with Crippen LogP contribution in [0, 0.1) is 0 Å². The van der Waals surface area contributed by atoms with Crippen LogP contribution in [0.4, 0.5) is 11.5 Å². The third-order valence-electron chi connectivity index (χ3n) is 3.42. The Kier molecular flexibility index (Phi) is 3.28. The van der Waals surface area contributed by atoms with Crippen molar-refractivity contribution < 1.29 is 9.90 Å². The summed E-state index contributed by atoms with van der Waals surface area (Å²) < 4.78 is 0. The van der Waals surface area contributed by atoms with E-state index in [2.05, 4.69) is 4.98 Å². The molecule has 0 unspecified atom stereocenters. The maximum absolute atomic E-state index is 11.5. The quantitative estimate of drug-likeness (QED) is 0.793. The van der Waals surface area contributed by atoms with E-state index in [-0.39, 0.29) is 5.56 Å². The molecule has 0 bridgehead atoms. The topological polar surface area (TPSA) is 53.4 Å². The molecule has 2 aromatic carbocycles. The lowest BCUT2D eigenvalue weighted by atomic mass is 10.1. The number of carbonyl (C=O) groups is 1. The summed E-state index contributed by atoms with van der Waals surface area (Å²) in [6.45, 7) is 0. The molecular formula is C17H14N2O2. The molecule has 3 aromatic rings. The molecule has 0 fully saturated rings. The molecule has 0 saturated heterocycles. The Morgan fingerprint density at radius 1 is 1.05 bits per heavy atom. The number of fused-ring (bicyclic) bond motifs is 1. The van der Waals surface area contributed by atoms with Gasteiger partial charge in [-0.3, -0.25) is 0 Å². The van der Waals surface area contributed by atoms with Gasteiger partial charge in [0.25, 0.3) is 0 Å². The van der Waals surface area contributed by atoms with E-state index in [0.29, 0.717) is 16.7 Å². The number of hydrogen-bond acceptors (Lipinski definition) is 3. The van der Waals surface area contributed by atoms with Crippen LogP contribution < -0.4 is 4.90 Å². The smallest absolute Gasteiger partial charge is 0.336 e. The van der Waals surface area contributed by atoms with Crippen LogP contribution in [0.3, 0.4) is 0 Å². The van der Waals surface area contributed by atoms with Gasteiger partial charge in [0.05, 0.1) is 11.1 Å². The van der Waals surface area contributed by atoms with Crippen molar-refractivity contribution in [2.45, 2.75) is 0 Å². The molecule has 0 aliphatic carbocycles. The number of pyridine rings is 1. The molecule has 0 atom stereocenters. The number of anilines is 2. The number of nitrogens with zero attached hydrogens (tertiary/aromatic N) is 2.